The lowest BCUT2D eigenvalue weighted by atomic mass is 10.1. The molecule has 0 fully saturated rings. The van der Waals surface area contributed by atoms with Gasteiger partial charge in [0.05, 0.1) is 12.7 Å². The van der Waals surface area contributed by atoms with Crippen LogP contribution in [0, 0.1) is 6.92 Å². The average molecular weight is 397 g/mol. The molecule has 0 atom stereocenters. The number of hydrogen-bond donors (Lipinski definition) is 2. The standard InChI is InChI=1S/C18H21ClN2O2S2/c1-4-14-11(2)25-16(15(14)17(22)23-3)21-18(24)20-10-9-12-5-7-13(19)8-6-12/h5-8H,4,9-10H2,1-3H3,(H2,20,21,24). The number of carbonyl (C=O) groups is 1. The van der Waals surface area contributed by atoms with Crippen molar-refractivity contribution in [2.24, 2.45) is 0 Å². The molecule has 2 N–H and O–H groups in total. The number of thiocarbonyl (C=S) groups is 1. The van der Waals surface area contributed by atoms with Crippen LogP contribution in [0.15, 0.2) is 24.3 Å². The summed E-state index contributed by atoms with van der Waals surface area (Å²) in [5.74, 6) is -0.340. The number of carbonyl (C=O) groups excluding carboxylic acids is 1. The molecular formula is C18H21ClN2O2S2. The lowest BCUT2D eigenvalue weighted by Gasteiger charge is -2.11. The van der Waals surface area contributed by atoms with E-state index in [0.29, 0.717) is 17.2 Å². The van der Waals surface area contributed by atoms with E-state index in [-0.39, 0.29) is 5.97 Å². The minimum absolute atomic E-state index is 0.340. The molecule has 7 heteroatoms. The molecule has 0 spiro atoms. The molecule has 0 bridgehead atoms. The maximum absolute atomic E-state index is 12.1. The molecule has 0 aliphatic carbocycles. The van der Waals surface area contributed by atoms with Crippen molar-refractivity contribution in [3.63, 3.8) is 0 Å². The van der Waals surface area contributed by atoms with Crippen molar-refractivity contribution in [2.75, 3.05) is 19.0 Å². The Kier molecular flexibility index (Phi) is 7.23. The highest BCUT2D eigenvalue weighted by molar-refractivity contribution is 7.80. The molecule has 0 amide bonds. The van der Waals surface area contributed by atoms with Gasteiger partial charge in [0.15, 0.2) is 5.11 Å². The fourth-order valence-corrected chi connectivity index (χ4v) is 4.06. The maximum Gasteiger partial charge on any atom is 0.341 e. The first-order valence-electron chi connectivity index (χ1n) is 7.96. The van der Waals surface area contributed by atoms with E-state index < -0.39 is 0 Å². The van der Waals surface area contributed by atoms with Crippen molar-refractivity contribution in [1.29, 1.82) is 0 Å². The molecule has 2 aromatic rings. The van der Waals surface area contributed by atoms with Gasteiger partial charge in [0, 0.05) is 16.4 Å². The van der Waals surface area contributed by atoms with Crippen LogP contribution in [0.3, 0.4) is 0 Å². The van der Waals surface area contributed by atoms with Crippen molar-refractivity contribution < 1.29 is 9.53 Å². The van der Waals surface area contributed by atoms with E-state index in [1.807, 2.05) is 38.1 Å². The summed E-state index contributed by atoms with van der Waals surface area (Å²) >= 11 is 12.8. The highest BCUT2D eigenvalue weighted by Gasteiger charge is 2.22. The van der Waals surface area contributed by atoms with Gasteiger partial charge in [-0.3, -0.25) is 0 Å². The molecule has 0 saturated carbocycles. The molecule has 134 valence electrons. The zero-order valence-corrected chi connectivity index (χ0v) is 16.8. The Bertz CT molecular complexity index is 757. The lowest BCUT2D eigenvalue weighted by Crippen LogP contribution is -2.30. The van der Waals surface area contributed by atoms with Crippen LogP contribution in [-0.2, 0) is 17.6 Å². The molecule has 4 nitrogen and oxygen atoms in total. The third-order valence-electron chi connectivity index (χ3n) is 3.79. The number of ether oxygens (including phenoxy) is 1. The molecule has 2 rings (SSSR count). The van der Waals surface area contributed by atoms with Gasteiger partial charge in [-0.25, -0.2) is 4.79 Å². The van der Waals surface area contributed by atoms with Crippen LogP contribution in [0.4, 0.5) is 5.00 Å². The van der Waals surface area contributed by atoms with Crippen LogP contribution in [0.1, 0.15) is 33.3 Å². The van der Waals surface area contributed by atoms with Gasteiger partial charge < -0.3 is 15.4 Å². The maximum atomic E-state index is 12.1. The van der Waals surface area contributed by atoms with Crippen molar-refractivity contribution in [1.82, 2.24) is 5.32 Å². The van der Waals surface area contributed by atoms with E-state index in [4.69, 9.17) is 28.6 Å². The number of rotatable bonds is 6. The van der Waals surface area contributed by atoms with E-state index in [2.05, 4.69) is 10.6 Å². The van der Waals surface area contributed by atoms with Gasteiger partial charge in [0.2, 0.25) is 0 Å². The second-order valence-electron chi connectivity index (χ2n) is 5.44. The predicted molar refractivity (Wildman–Crippen MR) is 109 cm³/mol. The molecule has 25 heavy (non-hydrogen) atoms. The number of hydrogen-bond acceptors (Lipinski definition) is 4. The first kappa shape index (κ1) is 19.7. The van der Waals surface area contributed by atoms with E-state index in [0.717, 1.165) is 33.3 Å². The van der Waals surface area contributed by atoms with Crippen molar-refractivity contribution in [3.8, 4) is 0 Å². The fraction of sp³-hybridized carbons (Fsp3) is 0.333. The Morgan fingerprint density at radius 2 is 2.00 bits per heavy atom. The number of benzene rings is 1. The monoisotopic (exact) mass is 396 g/mol. The molecule has 0 radical (unpaired) electrons. The average Bonchev–Trinajstić information content (AvgIpc) is 2.90. The van der Waals surface area contributed by atoms with Crippen LogP contribution in [0.2, 0.25) is 5.02 Å². The number of esters is 1. The lowest BCUT2D eigenvalue weighted by molar-refractivity contribution is 0.0601. The third-order valence-corrected chi connectivity index (χ3v) is 5.35. The summed E-state index contributed by atoms with van der Waals surface area (Å²) in [4.78, 5) is 13.2. The quantitative estimate of drug-likeness (QED) is 0.552. The fourth-order valence-electron chi connectivity index (χ4n) is 2.53. The van der Waals surface area contributed by atoms with Crippen LogP contribution in [0.25, 0.3) is 0 Å². The van der Waals surface area contributed by atoms with Crippen LogP contribution < -0.4 is 10.6 Å². The molecule has 1 heterocycles. The molecule has 1 aromatic carbocycles. The Morgan fingerprint density at radius 1 is 1.32 bits per heavy atom. The van der Waals surface area contributed by atoms with Gasteiger partial charge in [0.25, 0.3) is 0 Å². The van der Waals surface area contributed by atoms with Crippen LogP contribution in [-0.4, -0.2) is 24.7 Å². The van der Waals surface area contributed by atoms with E-state index in [1.165, 1.54) is 24.0 Å². The minimum atomic E-state index is -0.340. The summed E-state index contributed by atoms with van der Waals surface area (Å²) in [6, 6.07) is 7.73. The van der Waals surface area contributed by atoms with E-state index in [9.17, 15) is 4.79 Å². The van der Waals surface area contributed by atoms with Crippen molar-refractivity contribution >= 4 is 51.2 Å². The number of nitrogens with one attached hydrogen (secondary N) is 2. The van der Waals surface area contributed by atoms with Crippen molar-refractivity contribution in [2.45, 2.75) is 26.7 Å². The largest absolute Gasteiger partial charge is 0.465 e. The highest BCUT2D eigenvalue weighted by Crippen LogP contribution is 2.33. The Balaban J connectivity index is 1.98. The Morgan fingerprint density at radius 3 is 2.60 bits per heavy atom. The van der Waals surface area contributed by atoms with Gasteiger partial charge in [-0.05, 0) is 55.2 Å². The van der Waals surface area contributed by atoms with E-state index in [1.54, 1.807) is 0 Å². The molecule has 0 aliphatic rings. The zero-order valence-electron chi connectivity index (χ0n) is 14.4. The number of aryl methyl sites for hydroxylation is 1. The van der Waals surface area contributed by atoms with Crippen LogP contribution in [0.5, 0.6) is 0 Å². The summed E-state index contributed by atoms with van der Waals surface area (Å²) in [7, 11) is 1.39. The summed E-state index contributed by atoms with van der Waals surface area (Å²) in [5, 5.41) is 8.24. The Labute approximate surface area is 162 Å². The molecule has 0 aliphatic heterocycles. The smallest absolute Gasteiger partial charge is 0.341 e. The van der Waals surface area contributed by atoms with Gasteiger partial charge in [0.1, 0.15) is 5.00 Å². The zero-order chi connectivity index (χ0) is 18.4. The van der Waals surface area contributed by atoms with Gasteiger partial charge in [-0.15, -0.1) is 11.3 Å². The van der Waals surface area contributed by atoms with Gasteiger partial charge in [-0.1, -0.05) is 30.7 Å². The highest BCUT2D eigenvalue weighted by atomic mass is 35.5. The van der Waals surface area contributed by atoms with Gasteiger partial charge >= 0.3 is 5.97 Å². The topological polar surface area (TPSA) is 50.4 Å². The first-order chi connectivity index (χ1) is 12.0. The first-order valence-corrected chi connectivity index (χ1v) is 9.56. The predicted octanol–water partition coefficient (Wildman–Crippen LogP) is 4.59. The number of thiophene rings is 1. The number of anilines is 1. The van der Waals surface area contributed by atoms with E-state index >= 15 is 0 Å². The number of halogens is 1. The summed E-state index contributed by atoms with van der Waals surface area (Å²) in [6.45, 7) is 4.71. The number of methoxy groups -OCH3 is 1. The third kappa shape index (κ3) is 5.17. The Hall–Kier alpha value is -1.63. The molecular weight excluding hydrogens is 376 g/mol. The molecule has 1 aromatic heterocycles. The second kappa shape index (κ2) is 9.17. The minimum Gasteiger partial charge on any atom is -0.465 e. The van der Waals surface area contributed by atoms with Crippen LogP contribution >= 0.6 is 35.2 Å². The normalized spacial score (nSPS) is 10.4. The summed E-state index contributed by atoms with van der Waals surface area (Å²) in [5.41, 5.74) is 2.76. The molecule has 0 saturated heterocycles. The second-order valence-corrected chi connectivity index (χ2v) is 7.51. The van der Waals surface area contributed by atoms with Crippen molar-refractivity contribution in [3.05, 3.63) is 50.9 Å². The van der Waals surface area contributed by atoms with Gasteiger partial charge in [-0.2, -0.15) is 0 Å². The SMILES string of the molecule is CCc1c(C)sc(NC(=S)NCCc2ccc(Cl)cc2)c1C(=O)OC. The molecule has 0 unspecified atom stereocenters. The summed E-state index contributed by atoms with van der Waals surface area (Å²) in [6.07, 6.45) is 1.59. The summed E-state index contributed by atoms with van der Waals surface area (Å²) < 4.78 is 4.92.